The Bertz CT molecular complexity index is 800. The Hall–Kier alpha value is -2.40. The minimum absolute atomic E-state index is 0.0583. The second-order valence-electron chi connectivity index (χ2n) is 6.34. The summed E-state index contributed by atoms with van der Waals surface area (Å²) in [4.78, 5) is 14.5. The first-order valence-electron chi connectivity index (χ1n) is 8.87. The van der Waals surface area contributed by atoms with E-state index in [1.165, 1.54) is 17.3 Å². The molecule has 0 N–H and O–H groups in total. The van der Waals surface area contributed by atoms with Crippen molar-refractivity contribution in [2.24, 2.45) is 10.2 Å². The fourth-order valence-corrected chi connectivity index (χ4v) is 3.95. The molecule has 4 nitrogen and oxygen atoms in total. The van der Waals surface area contributed by atoms with Gasteiger partial charge in [-0.25, -0.2) is 0 Å². The fraction of sp³-hybridized carbons (Fsp3) is 0.286. The molecule has 1 saturated heterocycles. The van der Waals surface area contributed by atoms with E-state index in [0.29, 0.717) is 11.7 Å². The molecule has 0 bridgehead atoms. The summed E-state index contributed by atoms with van der Waals surface area (Å²) in [7, 11) is 0. The number of carbonyl (C=O) groups excluding carboxylic acids is 1. The van der Waals surface area contributed by atoms with Crippen LogP contribution in [0.5, 0.6) is 0 Å². The number of aryl methyl sites for hydroxylation is 1. The predicted molar refractivity (Wildman–Crippen MR) is 109 cm³/mol. The lowest BCUT2D eigenvalue weighted by Crippen LogP contribution is -2.31. The van der Waals surface area contributed by atoms with Crippen molar-refractivity contribution in [3.63, 3.8) is 0 Å². The summed E-state index contributed by atoms with van der Waals surface area (Å²) in [5, 5.41) is 9.20. The summed E-state index contributed by atoms with van der Waals surface area (Å²) in [6.45, 7) is 4.68. The minimum atomic E-state index is -0.0583. The van der Waals surface area contributed by atoms with Gasteiger partial charge in [0.1, 0.15) is 0 Å². The smallest absolute Gasteiger partial charge is 0.242 e. The van der Waals surface area contributed by atoms with Crippen molar-refractivity contribution in [1.29, 1.82) is 0 Å². The van der Waals surface area contributed by atoms with Gasteiger partial charge in [0.05, 0.1) is 18.0 Å². The summed E-state index contributed by atoms with van der Waals surface area (Å²) in [5.41, 5.74) is 3.30. The molecule has 1 atom stereocenters. The molecule has 1 amide bonds. The quantitative estimate of drug-likeness (QED) is 0.553. The van der Waals surface area contributed by atoms with Gasteiger partial charge >= 0.3 is 0 Å². The van der Waals surface area contributed by atoms with E-state index in [4.69, 9.17) is 0 Å². The van der Waals surface area contributed by atoms with Gasteiger partial charge in [-0.1, -0.05) is 85.3 Å². The van der Waals surface area contributed by atoms with E-state index in [1.807, 2.05) is 54.6 Å². The molecule has 0 radical (unpaired) electrons. The molecule has 2 aromatic rings. The molecule has 2 aromatic carbocycles. The number of hydrogen-bond acceptors (Lipinski definition) is 4. The third-order valence-electron chi connectivity index (χ3n) is 4.18. The normalized spacial score (nSPS) is 19.0. The highest BCUT2D eigenvalue weighted by Crippen LogP contribution is 2.31. The third kappa shape index (κ3) is 4.61. The van der Waals surface area contributed by atoms with E-state index in [2.05, 4.69) is 24.1 Å². The van der Waals surface area contributed by atoms with Crippen molar-refractivity contribution in [3.05, 3.63) is 71.3 Å². The van der Waals surface area contributed by atoms with Crippen LogP contribution < -0.4 is 0 Å². The molecule has 1 aliphatic heterocycles. The summed E-state index contributed by atoms with van der Waals surface area (Å²) < 4.78 is 0. The number of nitrogens with zero attached hydrogens (tertiary/aromatic N) is 3. The van der Waals surface area contributed by atoms with E-state index in [-0.39, 0.29) is 11.2 Å². The Morgan fingerprint density at radius 1 is 1.12 bits per heavy atom. The van der Waals surface area contributed by atoms with Crippen molar-refractivity contribution < 1.29 is 4.79 Å². The van der Waals surface area contributed by atoms with Gasteiger partial charge in [-0.05, 0) is 24.5 Å². The maximum absolute atomic E-state index is 12.8. The van der Waals surface area contributed by atoms with E-state index < -0.39 is 0 Å². The van der Waals surface area contributed by atoms with Gasteiger partial charge in [-0.2, -0.15) is 5.10 Å². The summed E-state index contributed by atoms with van der Waals surface area (Å²) in [6, 6.07) is 18.1. The Labute approximate surface area is 159 Å². The van der Waals surface area contributed by atoms with Crippen LogP contribution in [0.4, 0.5) is 0 Å². The standard InChI is InChI=1S/C21H23N3OS/c1-3-7-19-20(25)24(15-18-8-5-4-6-9-18)21(26-19)23-22-14-17-12-10-16(2)11-13-17/h4-6,8-14,19H,3,7,15H2,1-2H3/b22-14+,23-21+. The molecule has 0 spiro atoms. The van der Waals surface area contributed by atoms with E-state index >= 15 is 0 Å². The number of benzene rings is 2. The highest BCUT2D eigenvalue weighted by molar-refractivity contribution is 8.15. The second-order valence-corrected chi connectivity index (χ2v) is 7.51. The maximum Gasteiger partial charge on any atom is 0.242 e. The lowest BCUT2D eigenvalue weighted by Gasteiger charge is -2.15. The molecule has 0 aliphatic carbocycles. The van der Waals surface area contributed by atoms with Gasteiger partial charge in [-0.15, -0.1) is 5.10 Å². The SMILES string of the molecule is CCCC1S/C(=N/N=C/c2ccc(C)cc2)N(Cc2ccccc2)C1=O. The number of amidine groups is 1. The van der Waals surface area contributed by atoms with Crippen LogP contribution in [-0.2, 0) is 11.3 Å². The summed E-state index contributed by atoms with van der Waals surface area (Å²) in [5.74, 6) is 0.130. The summed E-state index contributed by atoms with van der Waals surface area (Å²) >= 11 is 1.52. The van der Waals surface area contributed by atoms with Crippen LogP contribution in [-0.4, -0.2) is 27.4 Å². The van der Waals surface area contributed by atoms with Gasteiger partial charge in [0.25, 0.3) is 0 Å². The van der Waals surface area contributed by atoms with Gasteiger partial charge in [0.15, 0.2) is 5.17 Å². The molecule has 1 aliphatic rings. The molecular formula is C21H23N3OS. The zero-order chi connectivity index (χ0) is 18.4. The molecule has 1 heterocycles. The maximum atomic E-state index is 12.8. The lowest BCUT2D eigenvalue weighted by molar-refractivity contribution is -0.126. The molecule has 134 valence electrons. The van der Waals surface area contributed by atoms with Crippen molar-refractivity contribution in [1.82, 2.24) is 4.90 Å². The first-order valence-corrected chi connectivity index (χ1v) is 9.75. The second kappa shape index (κ2) is 8.81. The van der Waals surface area contributed by atoms with Crippen LogP contribution in [0.15, 0.2) is 64.8 Å². The average molecular weight is 366 g/mol. The number of rotatable bonds is 6. The molecule has 1 unspecified atom stereocenters. The van der Waals surface area contributed by atoms with Gasteiger partial charge in [0, 0.05) is 0 Å². The van der Waals surface area contributed by atoms with Crippen LogP contribution in [0.3, 0.4) is 0 Å². The van der Waals surface area contributed by atoms with Crippen LogP contribution in [0.1, 0.15) is 36.5 Å². The lowest BCUT2D eigenvalue weighted by atomic mass is 10.2. The van der Waals surface area contributed by atoms with Crippen LogP contribution >= 0.6 is 11.8 Å². The molecule has 3 rings (SSSR count). The molecule has 0 aromatic heterocycles. The van der Waals surface area contributed by atoms with Crippen LogP contribution in [0, 0.1) is 6.92 Å². The first-order chi connectivity index (χ1) is 12.7. The van der Waals surface area contributed by atoms with Gasteiger partial charge < -0.3 is 0 Å². The largest absolute Gasteiger partial charge is 0.284 e. The number of carbonyl (C=O) groups is 1. The minimum Gasteiger partial charge on any atom is -0.284 e. The molecule has 26 heavy (non-hydrogen) atoms. The number of amides is 1. The Morgan fingerprint density at radius 3 is 2.54 bits per heavy atom. The monoisotopic (exact) mass is 365 g/mol. The van der Waals surface area contributed by atoms with Crippen molar-refractivity contribution >= 4 is 29.1 Å². The Balaban J connectivity index is 1.79. The van der Waals surface area contributed by atoms with E-state index in [0.717, 1.165) is 24.0 Å². The fourth-order valence-electron chi connectivity index (χ4n) is 2.74. The van der Waals surface area contributed by atoms with Gasteiger partial charge in [0.2, 0.25) is 5.91 Å². The third-order valence-corrected chi connectivity index (χ3v) is 5.42. The molecule has 5 heteroatoms. The average Bonchev–Trinajstić information content (AvgIpc) is 2.94. The van der Waals surface area contributed by atoms with E-state index in [9.17, 15) is 4.79 Å². The molecule has 1 fully saturated rings. The molecular weight excluding hydrogens is 342 g/mol. The number of thioether (sulfide) groups is 1. The van der Waals surface area contributed by atoms with Crippen molar-refractivity contribution in [2.75, 3.05) is 0 Å². The number of hydrogen-bond donors (Lipinski definition) is 0. The van der Waals surface area contributed by atoms with Gasteiger partial charge in [-0.3, -0.25) is 9.69 Å². The van der Waals surface area contributed by atoms with Crippen LogP contribution in [0.25, 0.3) is 0 Å². The zero-order valence-corrected chi connectivity index (χ0v) is 15.9. The Kier molecular flexibility index (Phi) is 6.23. The highest BCUT2D eigenvalue weighted by atomic mass is 32.2. The first kappa shape index (κ1) is 18.4. The van der Waals surface area contributed by atoms with Crippen LogP contribution in [0.2, 0.25) is 0 Å². The Morgan fingerprint density at radius 2 is 1.85 bits per heavy atom. The topological polar surface area (TPSA) is 45.0 Å². The zero-order valence-electron chi connectivity index (χ0n) is 15.1. The highest BCUT2D eigenvalue weighted by Gasteiger charge is 2.37. The van der Waals surface area contributed by atoms with E-state index in [1.54, 1.807) is 11.1 Å². The molecule has 0 saturated carbocycles. The van der Waals surface area contributed by atoms with Crippen molar-refractivity contribution in [3.8, 4) is 0 Å². The van der Waals surface area contributed by atoms with Crippen molar-refractivity contribution in [2.45, 2.75) is 38.5 Å². The predicted octanol–water partition coefficient (Wildman–Crippen LogP) is 4.63. The summed E-state index contributed by atoms with van der Waals surface area (Å²) in [6.07, 6.45) is 3.56.